The average Bonchev–Trinajstić information content (AvgIpc) is 3.36. The molecule has 1 atom stereocenters. The Kier molecular flexibility index (Phi) is 6.09. The topological polar surface area (TPSA) is 73.4 Å². The Bertz CT molecular complexity index is 1490. The normalized spacial score (nSPS) is 17.5. The number of carbonyl (C=O) groups is 2. The molecule has 1 fully saturated rings. The first-order valence-electron chi connectivity index (χ1n) is 10.9. The second-order valence-electron chi connectivity index (χ2n) is 8.27. The van der Waals surface area contributed by atoms with Crippen molar-refractivity contribution in [3.8, 4) is 0 Å². The predicted octanol–water partition coefficient (Wildman–Crippen LogP) is 6.28. The molecule has 1 amide bonds. The zero-order valence-electron chi connectivity index (χ0n) is 18.3. The number of aliphatic hydroxyl groups is 1. The van der Waals surface area contributed by atoms with Gasteiger partial charge in [0.05, 0.1) is 11.6 Å². The summed E-state index contributed by atoms with van der Waals surface area (Å²) in [6, 6.07) is 16.7. The second kappa shape index (κ2) is 9.21. The summed E-state index contributed by atoms with van der Waals surface area (Å²) in [5.74, 6) is -2.46. The summed E-state index contributed by atoms with van der Waals surface area (Å²) in [7, 11) is 0. The molecule has 1 aliphatic heterocycles. The molecule has 0 bridgehead atoms. The number of hydrogen-bond donors (Lipinski definition) is 2. The molecule has 0 saturated carbocycles. The number of para-hydroxylation sites is 1. The molecule has 4 aromatic rings. The number of benzene rings is 3. The number of carbonyl (C=O) groups excluding carboxylic acids is 2. The van der Waals surface area contributed by atoms with Gasteiger partial charge in [-0.2, -0.15) is 0 Å². The van der Waals surface area contributed by atoms with Crippen LogP contribution in [0.4, 0.5) is 4.39 Å². The molecule has 1 aromatic heterocycles. The molecular formula is C27H19Cl2FN2O3. The van der Waals surface area contributed by atoms with Crippen molar-refractivity contribution in [2.75, 3.05) is 6.54 Å². The maximum Gasteiger partial charge on any atom is 0.295 e. The van der Waals surface area contributed by atoms with E-state index >= 15 is 0 Å². The summed E-state index contributed by atoms with van der Waals surface area (Å²) in [6.07, 6.45) is 2.35. The lowest BCUT2D eigenvalue weighted by Crippen LogP contribution is -2.31. The number of rotatable bonds is 5. The molecule has 5 nitrogen and oxygen atoms in total. The smallest absolute Gasteiger partial charge is 0.295 e. The molecule has 176 valence electrons. The Morgan fingerprint density at radius 1 is 1.03 bits per heavy atom. The Labute approximate surface area is 210 Å². The molecule has 2 heterocycles. The Morgan fingerprint density at radius 2 is 1.77 bits per heavy atom. The molecular weight excluding hydrogens is 490 g/mol. The minimum Gasteiger partial charge on any atom is -0.507 e. The number of aromatic nitrogens is 1. The fraction of sp³-hybridized carbons (Fsp3) is 0.111. The number of Topliss-reactive ketones (excluding diaryl/α,β-unsaturated/α-hetero) is 1. The summed E-state index contributed by atoms with van der Waals surface area (Å²) < 4.78 is 13.4. The Balaban J connectivity index is 1.59. The highest BCUT2D eigenvalue weighted by molar-refractivity contribution is 6.47. The number of fused-ring (bicyclic) bond motifs is 1. The molecule has 0 aliphatic carbocycles. The number of nitrogens with zero attached hydrogens (tertiary/aromatic N) is 1. The van der Waals surface area contributed by atoms with E-state index in [0.29, 0.717) is 17.0 Å². The van der Waals surface area contributed by atoms with Gasteiger partial charge in [-0.15, -0.1) is 0 Å². The van der Waals surface area contributed by atoms with Crippen LogP contribution in [0.3, 0.4) is 0 Å². The summed E-state index contributed by atoms with van der Waals surface area (Å²) in [5.41, 5.74) is 2.53. The number of likely N-dealkylation sites (tertiary alicyclic amines) is 1. The van der Waals surface area contributed by atoms with Crippen LogP contribution in [0.5, 0.6) is 0 Å². The largest absolute Gasteiger partial charge is 0.507 e. The van der Waals surface area contributed by atoms with E-state index in [1.54, 1.807) is 12.1 Å². The van der Waals surface area contributed by atoms with Gasteiger partial charge < -0.3 is 15.0 Å². The van der Waals surface area contributed by atoms with Crippen molar-refractivity contribution in [1.82, 2.24) is 9.88 Å². The van der Waals surface area contributed by atoms with E-state index in [4.69, 9.17) is 23.2 Å². The molecule has 0 spiro atoms. The quantitative estimate of drug-likeness (QED) is 0.189. The standard InChI is InChI=1S/C27H19Cl2FN2O3/c28-17-7-10-20(21(29)13-17)24-23(25(33)15-5-8-18(30)9-6-15)26(34)27(35)32(24)12-11-16-14-31-22-4-2-1-3-19(16)22/h1-10,13-14,24,31,33H,11-12H2/t24-/m1/s1. The molecule has 5 rings (SSSR count). The number of nitrogens with one attached hydrogen (secondary N) is 1. The monoisotopic (exact) mass is 508 g/mol. The molecule has 0 unspecified atom stereocenters. The van der Waals surface area contributed by atoms with Crippen molar-refractivity contribution >= 4 is 51.6 Å². The van der Waals surface area contributed by atoms with Crippen molar-refractivity contribution in [3.05, 3.63) is 111 Å². The molecule has 2 N–H and O–H groups in total. The van der Waals surface area contributed by atoms with E-state index in [1.165, 1.54) is 35.2 Å². The first kappa shape index (κ1) is 23.1. The minimum atomic E-state index is -0.935. The third kappa shape index (κ3) is 4.20. The number of hydrogen-bond acceptors (Lipinski definition) is 3. The SMILES string of the molecule is O=C1C(=O)N(CCc2c[nH]c3ccccc23)[C@H](c2ccc(Cl)cc2Cl)C1=C(O)c1ccc(F)cc1. The van der Waals surface area contributed by atoms with Gasteiger partial charge in [-0.3, -0.25) is 9.59 Å². The van der Waals surface area contributed by atoms with Gasteiger partial charge in [0.25, 0.3) is 11.7 Å². The van der Waals surface area contributed by atoms with Crippen LogP contribution in [-0.4, -0.2) is 33.2 Å². The molecule has 35 heavy (non-hydrogen) atoms. The van der Waals surface area contributed by atoms with Crippen LogP contribution in [0.1, 0.15) is 22.7 Å². The number of amides is 1. The zero-order valence-corrected chi connectivity index (χ0v) is 19.8. The third-order valence-corrected chi connectivity index (χ3v) is 6.77. The van der Waals surface area contributed by atoms with Crippen LogP contribution < -0.4 is 0 Å². The van der Waals surface area contributed by atoms with E-state index in [-0.39, 0.29) is 22.7 Å². The van der Waals surface area contributed by atoms with Gasteiger partial charge in [-0.25, -0.2) is 4.39 Å². The highest BCUT2D eigenvalue weighted by atomic mass is 35.5. The van der Waals surface area contributed by atoms with E-state index in [2.05, 4.69) is 4.98 Å². The molecule has 8 heteroatoms. The summed E-state index contributed by atoms with van der Waals surface area (Å²) in [4.78, 5) is 31.0. The van der Waals surface area contributed by atoms with E-state index in [1.807, 2.05) is 30.5 Å². The number of ketones is 1. The Hall–Kier alpha value is -3.61. The predicted molar refractivity (Wildman–Crippen MR) is 134 cm³/mol. The molecule has 1 saturated heterocycles. The van der Waals surface area contributed by atoms with Crippen LogP contribution in [0.15, 0.2) is 78.5 Å². The van der Waals surface area contributed by atoms with Gasteiger partial charge in [0.15, 0.2) is 0 Å². The fourth-order valence-electron chi connectivity index (χ4n) is 4.50. The highest BCUT2D eigenvalue weighted by Crippen LogP contribution is 2.42. The number of aromatic amines is 1. The average molecular weight is 509 g/mol. The first-order valence-corrected chi connectivity index (χ1v) is 11.6. The maximum atomic E-state index is 13.4. The van der Waals surface area contributed by atoms with Crippen molar-refractivity contribution in [2.24, 2.45) is 0 Å². The third-order valence-electron chi connectivity index (χ3n) is 6.21. The molecule has 1 aliphatic rings. The maximum absolute atomic E-state index is 13.4. The van der Waals surface area contributed by atoms with Crippen LogP contribution in [0, 0.1) is 5.82 Å². The molecule has 0 radical (unpaired) electrons. The lowest BCUT2D eigenvalue weighted by atomic mass is 9.95. The van der Waals surface area contributed by atoms with Gasteiger partial charge in [0.2, 0.25) is 0 Å². The van der Waals surface area contributed by atoms with Gasteiger partial charge in [-0.05, 0) is 60.0 Å². The van der Waals surface area contributed by atoms with E-state index in [9.17, 15) is 19.1 Å². The van der Waals surface area contributed by atoms with Crippen LogP contribution >= 0.6 is 23.2 Å². The second-order valence-corrected chi connectivity index (χ2v) is 9.12. The van der Waals surface area contributed by atoms with Crippen molar-refractivity contribution in [2.45, 2.75) is 12.5 Å². The van der Waals surface area contributed by atoms with Crippen LogP contribution in [-0.2, 0) is 16.0 Å². The van der Waals surface area contributed by atoms with Gasteiger partial charge >= 0.3 is 0 Å². The van der Waals surface area contributed by atoms with Crippen molar-refractivity contribution in [3.63, 3.8) is 0 Å². The van der Waals surface area contributed by atoms with Crippen molar-refractivity contribution in [1.29, 1.82) is 0 Å². The van der Waals surface area contributed by atoms with Gasteiger partial charge in [-0.1, -0.05) is 47.5 Å². The summed E-state index contributed by atoms with van der Waals surface area (Å²) >= 11 is 12.6. The highest BCUT2D eigenvalue weighted by Gasteiger charge is 2.46. The van der Waals surface area contributed by atoms with Gasteiger partial charge in [0, 0.05) is 39.3 Å². The fourth-order valence-corrected chi connectivity index (χ4v) is 5.01. The zero-order chi connectivity index (χ0) is 24.7. The molecule has 3 aromatic carbocycles. The van der Waals surface area contributed by atoms with Crippen molar-refractivity contribution < 1.29 is 19.1 Å². The lowest BCUT2D eigenvalue weighted by molar-refractivity contribution is -0.139. The number of halogens is 3. The number of H-pyrrole nitrogens is 1. The van der Waals surface area contributed by atoms with Gasteiger partial charge in [0.1, 0.15) is 11.6 Å². The van der Waals surface area contributed by atoms with E-state index in [0.717, 1.165) is 16.5 Å². The van der Waals surface area contributed by atoms with Crippen LogP contribution in [0.25, 0.3) is 16.7 Å². The minimum absolute atomic E-state index is 0.107. The van der Waals surface area contributed by atoms with E-state index < -0.39 is 29.3 Å². The number of aliphatic hydroxyl groups excluding tert-OH is 1. The first-order chi connectivity index (χ1) is 16.8. The summed E-state index contributed by atoms with van der Waals surface area (Å²) in [6.45, 7) is 0.205. The van der Waals surface area contributed by atoms with Crippen LogP contribution in [0.2, 0.25) is 10.0 Å². The Morgan fingerprint density at radius 3 is 2.51 bits per heavy atom. The summed E-state index contributed by atoms with van der Waals surface area (Å²) in [5, 5.41) is 12.7. The lowest BCUT2D eigenvalue weighted by Gasteiger charge is -2.26.